The summed E-state index contributed by atoms with van der Waals surface area (Å²) in [6, 6.07) is 4.06. The van der Waals surface area contributed by atoms with Crippen LogP contribution >= 0.6 is 0 Å². The molecule has 0 unspecified atom stereocenters. The molecule has 5 heteroatoms. The van der Waals surface area contributed by atoms with Gasteiger partial charge >= 0.3 is 0 Å². The molecule has 3 aromatic rings. The molecule has 0 amide bonds. The number of rotatable bonds is 2. The van der Waals surface area contributed by atoms with E-state index < -0.39 is 0 Å². The molecule has 0 aliphatic rings. The first-order valence-corrected chi connectivity index (χ1v) is 6.33. The van der Waals surface area contributed by atoms with Crippen molar-refractivity contribution in [2.45, 2.75) is 27.2 Å². The number of imidazole rings is 1. The van der Waals surface area contributed by atoms with E-state index in [1.807, 2.05) is 32.2 Å². The summed E-state index contributed by atoms with van der Waals surface area (Å²) >= 11 is 0. The molecule has 0 radical (unpaired) electrons. The Morgan fingerprint density at radius 3 is 2.79 bits per heavy atom. The van der Waals surface area contributed by atoms with E-state index in [-0.39, 0.29) is 0 Å². The molecule has 0 aliphatic heterocycles. The number of fused-ring (bicyclic) bond motifs is 1. The summed E-state index contributed by atoms with van der Waals surface area (Å²) in [6.07, 6.45) is 2.65. The van der Waals surface area contributed by atoms with Crippen molar-refractivity contribution in [1.82, 2.24) is 25.1 Å². The van der Waals surface area contributed by atoms with Crippen LogP contribution in [0.25, 0.3) is 22.6 Å². The van der Waals surface area contributed by atoms with Crippen LogP contribution < -0.4 is 0 Å². The van der Waals surface area contributed by atoms with Crippen LogP contribution in [0.3, 0.4) is 0 Å². The highest BCUT2D eigenvalue weighted by atomic mass is 15.1. The number of pyridine rings is 1. The average Bonchev–Trinajstić information content (AvgIpc) is 2.81. The van der Waals surface area contributed by atoms with Gasteiger partial charge in [0.15, 0.2) is 5.65 Å². The van der Waals surface area contributed by atoms with Crippen LogP contribution in [0.1, 0.15) is 23.9 Å². The molecule has 3 aromatic heterocycles. The van der Waals surface area contributed by atoms with Gasteiger partial charge < -0.3 is 4.98 Å². The summed E-state index contributed by atoms with van der Waals surface area (Å²) < 4.78 is 0. The maximum Gasteiger partial charge on any atom is 0.178 e. The normalized spacial score (nSPS) is 11.1. The Kier molecular flexibility index (Phi) is 2.74. The second-order valence-electron chi connectivity index (χ2n) is 4.67. The fraction of sp³-hybridized carbons (Fsp3) is 0.286. The Morgan fingerprint density at radius 1 is 1.16 bits per heavy atom. The molecular weight excluding hydrogens is 238 g/mol. The molecule has 3 rings (SSSR count). The van der Waals surface area contributed by atoms with Crippen LogP contribution in [0, 0.1) is 13.8 Å². The Bertz CT molecular complexity index is 745. The van der Waals surface area contributed by atoms with E-state index in [4.69, 9.17) is 0 Å². The maximum absolute atomic E-state index is 4.54. The monoisotopic (exact) mass is 253 g/mol. The van der Waals surface area contributed by atoms with Crippen molar-refractivity contribution in [3.63, 3.8) is 0 Å². The number of nitrogens with zero attached hydrogens (tertiary/aromatic N) is 4. The lowest BCUT2D eigenvalue weighted by molar-refractivity contribution is 0.893. The molecule has 0 saturated heterocycles. The third-order valence-electron chi connectivity index (χ3n) is 3.06. The predicted molar refractivity (Wildman–Crippen MR) is 73.8 cm³/mol. The molecule has 3 heterocycles. The van der Waals surface area contributed by atoms with E-state index in [1.165, 1.54) is 0 Å². The van der Waals surface area contributed by atoms with Gasteiger partial charge in [-0.15, -0.1) is 0 Å². The third kappa shape index (κ3) is 2.07. The highest BCUT2D eigenvalue weighted by molar-refractivity contribution is 5.76. The van der Waals surface area contributed by atoms with E-state index >= 15 is 0 Å². The van der Waals surface area contributed by atoms with Crippen molar-refractivity contribution in [3.8, 4) is 11.4 Å². The third-order valence-corrected chi connectivity index (χ3v) is 3.06. The number of H-pyrrole nitrogens is 1. The standard InChI is InChI=1S/C14H15N5/c1-4-11-10(6-9(3)18-19-11)13-16-12-5-8(2)7-15-14(12)17-13/h5-7H,4H2,1-3H3,(H,15,16,17). The number of hydrogen-bond donors (Lipinski definition) is 1. The molecule has 0 aliphatic carbocycles. The average molecular weight is 253 g/mol. The molecule has 0 aromatic carbocycles. The first-order chi connectivity index (χ1) is 9.17. The van der Waals surface area contributed by atoms with Crippen molar-refractivity contribution < 1.29 is 0 Å². The van der Waals surface area contributed by atoms with Gasteiger partial charge in [0.1, 0.15) is 5.82 Å². The van der Waals surface area contributed by atoms with Gasteiger partial charge in [0, 0.05) is 11.8 Å². The van der Waals surface area contributed by atoms with Gasteiger partial charge in [0.25, 0.3) is 0 Å². The summed E-state index contributed by atoms with van der Waals surface area (Å²) in [4.78, 5) is 12.2. The van der Waals surface area contributed by atoms with Crippen LogP contribution in [0.5, 0.6) is 0 Å². The lowest BCUT2D eigenvalue weighted by Gasteiger charge is -2.03. The SMILES string of the molecule is CCc1nnc(C)cc1-c1nc2ncc(C)cc2[nH]1. The maximum atomic E-state index is 4.54. The van der Waals surface area contributed by atoms with E-state index in [0.29, 0.717) is 0 Å². The van der Waals surface area contributed by atoms with E-state index in [1.54, 1.807) is 0 Å². The van der Waals surface area contributed by atoms with Crippen LogP contribution in [-0.2, 0) is 6.42 Å². The van der Waals surface area contributed by atoms with Gasteiger partial charge in [-0.25, -0.2) is 9.97 Å². The minimum Gasteiger partial charge on any atom is -0.337 e. The van der Waals surface area contributed by atoms with Gasteiger partial charge in [-0.2, -0.15) is 10.2 Å². The zero-order valence-corrected chi connectivity index (χ0v) is 11.2. The first-order valence-electron chi connectivity index (χ1n) is 6.33. The fourth-order valence-corrected chi connectivity index (χ4v) is 2.11. The van der Waals surface area contributed by atoms with Gasteiger partial charge in [-0.05, 0) is 38.0 Å². The molecule has 1 N–H and O–H groups in total. The summed E-state index contributed by atoms with van der Waals surface area (Å²) in [5.74, 6) is 0.808. The number of aromatic amines is 1. The van der Waals surface area contributed by atoms with Crippen LogP contribution in [0.4, 0.5) is 0 Å². The minimum atomic E-state index is 0.733. The molecule has 0 saturated carbocycles. The largest absolute Gasteiger partial charge is 0.337 e. The zero-order valence-electron chi connectivity index (χ0n) is 11.2. The van der Waals surface area contributed by atoms with Crippen LogP contribution in [-0.4, -0.2) is 25.1 Å². The Labute approximate surface area is 111 Å². The summed E-state index contributed by atoms with van der Waals surface area (Å²) in [7, 11) is 0. The van der Waals surface area contributed by atoms with E-state index in [0.717, 1.165) is 45.9 Å². The number of aryl methyl sites for hydroxylation is 3. The Balaban J connectivity index is 2.21. The molecule has 96 valence electrons. The predicted octanol–water partition coefficient (Wildman–Crippen LogP) is 2.59. The van der Waals surface area contributed by atoms with Gasteiger partial charge in [0.05, 0.1) is 16.9 Å². The highest BCUT2D eigenvalue weighted by Crippen LogP contribution is 2.23. The quantitative estimate of drug-likeness (QED) is 0.762. The Hall–Kier alpha value is -2.30. The summed E-state index contributed by atoms with van der Waals surface area (Å²) in [5.41, 5.74) is 5.63. The fourth-order valence-electron chi connectivity index (χ4n) is 2.11. The van der Waals surface area contributed by atoms with Gasteiger partial charge in [0.2, 0.25) is 0 Å². The molecule has 19 heavy (non-hydrogen) atoms. The highest BCUT2D eigenvalue weighted by Gasteiger charge is 2.11. The van der Waals surface area contributed by atoms with Crippen molar-refractivity contribution in [1.29, 1.82) is 0 Å². The molecular formula is C14H15N5. The van der Waals surface area contributed by atoms with Crippen LogP contribution in [0.15, 0.2) is 18.3 Å². The second-order valence-corrected chi connectivity index (χ2v) is 4.67. The molecule has 0 atom stereocenters. The topological polar surface area (TPSA) is 67.3 Å². The van der Waals surface area contributed by atoms with Gasteiger partial charge in [-0.1, -0.05) is 6.92 Å². The smallest absolute Gasteiger partial charge is 0.178 e. The molecule has 0 spiro atoms. The van der Waals surface area contributed by atoms with E-state index in [9.17, 15) is 0 Å². The summed E-state index contributed by atoms with van der Waals surface area (Å²) in [6.45, 7) is 6.01. The molecule has 5 nitrogen and oxygen atoms in total. The van der Waals surface area contributed by atoms with Crippen molar-refractivity contribution >= 4 is 11.2 Å². The number of nitrogens with one attached hydrogen (secondary N) is 1. The van der Waals surface area contributed by atoms with Gasteiger partial charge in [-0.3, -0.25) is 0 Å². The van der Waals surface area contributed by atoms with E-state index in [2.05, 4.69) is 32.1 Å². The Morgan fingerprint density at radius 2 is 2.00 bits per heavy atom. The first kappa shape index (κ1) is 11.8. The molecule has 0 bridgehead atoms. The lowest BCUT2D eigenvalue weighted by Crippen LogP contribution is -1.98. The molecule has 0 fully saturated rings. The van der Waals surface area contributed by atoms with Crippen molar-refractivity contribution in [3.05, 3.63) is 35.3 Å². The second kappa shape index (κ2) is 4.42. The zero-order chi connectivity index (χ0) is 13.4. The van der Waals surface area contributed by atoms with Crippen LogP contribution in [0.2, 0.25) is 0 Å². The number of hydrogen-bond acceptors (Lipinski definition) is 4. The number of aromatic nitrogens is 5. The lowest BCUT2D eigenvalue weighted by atomic mass is 10.1. The van der Waals surface area contributed by atoms with Crippen molar-refractivity contribution in [2.75, 3.05) is 0 Å². The summed E-state index contributed by atoms with van der Waals surface area (Å²) in [5, 5.41) is 8.33. The minimum absolute atomic E-state index is 0.733. The van der Waals surface area contributed by atoms with Crippen molar-refractivity contribution in [2.24, 2.45) is 0 Å².